The van der Waals surface area contributed by atoms with Crippen LogP contribution in [0.1, 0.15) is 93.3 Å². The molecule has 3 atom stereocenters. The van der Waals surface area contributed by atoms with Crippen LogP contribution >= 0.6 is 0 Å². The van der Waals surface area contributed by atoms with Crippen molar-refractivity contribution in [2.75, 3.05) is 13.2 Å². The van der Waals surface area contributed by atoms with E-state index < -0.39 is 33.7 Å². The first-order valence-electron chi connectivity index (χ1n) is 13.3. The number of rotatable bonds is 17. The van der Waals surface area contributed by atoms with Gasteiger partial charge in [0, 0.05) is 0 Å². The first-order chi connectivity index (χ1) is 16.6. The number of hydrogen-bond donors (Lipinski definition) is 1. The minimum absolute atomic E-state index is 0. The SMILES string of the molecule is CCCCC(CC)COC(=O)CC(C(=O)OCC(CC)CCCC)S(=O)(=O)O.[CH3][AlH][C]1=CC=CC1.[H-].[Na+]. The molecule has 0 saturated carbocycles. The van der Waals surface area contributed by atoms with Gasteiger partial charge in [0.05, 0.1) is 19.6 Å². The Kier molecular flexibility index (Phi) is 24.1. The average molecular weight is 555 g/mol. The Balaban J connectivity index is -0.00000110. The number of esters is 2. The van der Waals surface area contributed by atoms with Crippen LogP contribution in [0.3, 0.4) is 0 Å². The largest absolute Gasteiger partial charge is 1.00 e. The van der Waals surface area contributed by atoms with Crippen LogP contribution in [-0.2, 0) is 29.2 Å². The summed E-state index contributed by atoms with van der Waals surface area (Å²) < 4.78 is 44.5. The quantitative estimate of drug-likeness (QED) is 0.167. The topological polar surface area (TPSA) is 107 Å². The molecule has 0 aromatic rings. The number of carbonyl (C=O) groups is 2. The summed E-state index contributed by atoms with van der Waals surface area (Å²) in [5.41, 5.74) is 0. The van der Waals surface area contributed by atoms with Crippen molar-refractivity contribution in [2.24, 2.45) is 11.8 Å². The fraction of sp³-hybridized carbons (Fsp3) is 0.769. The van der Waals surface area contributed by atoms with Crippen molar-refractivity contribution in [3.8, 4) is 0 Å². The molecule has 1 rings (SSSR count). The van der Waals surface area contributed by atoms with Crippen LogP contribution in [0.25, 0.3) is 0 Å². The van der Waals surface area contributed by atoms with Gasteiger partial charge in [0.1, 0.15) is 0 Å². The van der Waals surface area contributed by atoms with E-state index in [1.165, 1.54) is 6.42 Å². The van der Waals surface area contributed by atoms with Gasteiger partial charge >= 0.3 is 41.5 Å². The van der Waals surface area contributed by atoms with E-state index in [0.717, 1.165) is 51.4 Å². The summed E-state index contributed by atoms with van der Waals surface area (Å²) >= 11 is 0.189. The average Bonchev–Trinajstić information content (AvgIpc) is 3.36. The molecule has 10 heteroatoms. The molecule has 1 aliphatic carbocycles. The van der Waals surface area contributed by atoms with E-state index in [4.69, 9.17) is 9.47 Å². The van der Waals surface area contributed by atoms with E-state index in [1.807, 2.05) is 13.8 Å². The summed E-state index contributed by atoms with van der Waals surface area (Å²) in [6.07, 6.45) is 14.6. The summed E-state index contributed by atoms with van der Waals surface area (Å²) in [6.45, 7) is 8.35. The molecule has 0 aromatic heterocycles. The first kappa shape index (κ1) is 38.0. The van der Waals surface area contributed by atoms with E-state index in [9.17, 15) is 22.6 Å². The summed E-state index contributed by atoms with van der Waals surface area (Å²) in [5, 5.41) is -1.95. The molecule has 1 aliphatic rings. The molecule has 204 valence electrons. The summed E-state index contributed by atoms with van der Waals surface area (Å²) in [5.74, 6) is 0.726. The number of carbonyl (C=O) groups excluding carboxylic acids is 2. The Labute approximate surface area is 249 Å². The molecule has 0 bridgehead atoms. The second-order valence-corrected chi connectivity index (χ2v) is 12.4. The molecular formula is C26H48AlNaO7S. The maximum Gasteiger partial charge on any atom is 1.00 e. The molecule has 0 fully saturated rings. The predicted molar refractivity (Wildman–Crippen MR) is 144 cm³/mol. The van der Waals surface area contributed by atoms with Crippen molar-refractivity contribution in [3.63, 3.8) is 0 Å². The van der Waals surface area contributed by atoms with Crippen LogP contribution in [0.2, 0.25) is 5.79 Å². The van der Waals surface area contributed by atoms with E-state index in [2.05, 4.69) is 37.9 Å². The normalized spacial score (nSPS) is 14.9. The molecule has 0 amide bonds. The Hall–Kier alpha value is -0.138. The fourth-order valence-corrected chi connectivity index (χ4v) is 5.06. The van der Waals surface area contributed by atoms with Crippen LogP contribution in [0, 0.1) is 11.8 Å². The molecule has 0 aliphatic heterocycles. The second kappa shape index (κ2) is 22.8. The molecule has 0 aromatic carbocycles. The van der Waals surface area contributed by atoms with Crippen LogP contribution in [0.4, 0.5) is 0 Å². The fourth-order valence-electron chi connectivity index (χ4n) is 3.57. The van der Waals surface area contributed by atoms with E-state index in [-0.39, 0.29) is 71.3 Å². The molecule has 0 spiro atoms. The number of unbranched alkanes of at least 4 members (excludes halogenated alkanes) is 2. The number of hydrogen-bond acceptors (Lipinski definition) is 6. The molecule has 0 heterocycles. The van der Waals surface area contributed by atoms with Gasteiger partial charge in [-0.25, -0.2) is 0 Å². The third-order valence-corrected chi connectivity index (χ3v) is 8.82. The zero-order chi connectivity index (χ0) is 26.7. The third kappa shape index (κ3) is 18.2. The predicted octanol–water partition coefficient (Wildman–Crippen LogP) is 2.58. The van der Waals surface area contributed by atoms with Crippen molar-refractivity contribution in [3.05, 3.63) is 22.7 Å². The monoisotopic (exact) mass is 554 g/mol. The Morgan fingerprint density at radius 2 is 1.56 bits per heavy atom. The number of ether oxygens (including phenoxy) is 2. The van der Waals surface area contributed by atoms with Crippen molar-refractivity contribution < 1.29 is 63.0 Å². The van der Waals surface area contributed by atoms with Gasteiger partial charge in [-0.15, -0.1) is 10.2 Å². The van der Waals surface area contributed by atoms with Crippen LogP contribution in [0.15, 0.2) is 22.7 Å². The minimum atomic E-state index is -4.76. The van der Waals surface area contributed by atoms with Crippen LogP contribution < -0.4 is 29.6 Å². The van der Waals surface area contributed by atoms with Gasteiger partial charge in [0.15, 0.2) is 5.25 Å². The smallest absolute Gasteiger partial charge is 1.00 e. The molecule has 0 saturated heterocycles. The Morgan fingerprint density at radius 3 is 1.92 bits per heavy atom. The molecular weight excluding hydrogens is 506 g/mol. The second-order valence-electron chi connectivity index (χ2n) is 9.16. The molecule has 1 N–H and O–H groups in total. The first-order valence-corrected chi connectivity index (χ1v) is 16.9. The van der Waals surface area contributed by atoms with Crippen molar-refractivity contribution in [1.82, 2.24) is 0 Å². The summed E-state index contributed by atoms with van der Waals surface area (Å²) in [7, 11) is -4.76. The zero-order valence-electron chi connectivity index (χ0n) is 24.5. The Bertz CT molecular complexity index is 775. The summed E-state index contributed by atoms with van der Waals surface area (Å²) in [6, 6.07) is 0. The molecule has 3 unspecified atom stereocenters. The van der Waals surface area contributed by atoms with Gasteiger partial charge in [-0.1, -0.05) is 84.4 Å². The van der Waals surface area contributed by atoms with Gasteiger partial charge in [-0.05, 0) is 31.1 Å². The van der Waals surface area contributed by atoms with Crippen LogP contribution in [-0.4, -0.2) is 58.6 Å². The van der Waals surface area contributed by atoms with Gasteiger partial charge in [0.2, 0.25) is 0 Å². The van der Waals surface area contributed by atoms with Crippen molar-refractivity contribution in [2.45, 2.75) is 103 Å². The standard InChI is InChI=1S/C20H38O7S.C5H5.CH3.Al.Na.2H/c1-5-9-11-16(7-3)14-26-19(21)13-18(28(23,24)25)20(22)27-15-17(8-4)12-10-6-2;1-2-4-5-3-1;;;;;/h16-18H,5-15H2,1-4H3,(H,23,24,25);1-3H,4H2;1H3;;;;/q;;;;+1;;-1. The maximum absolute atomic E-state index is 12.2. The van der Waals surface area contributed by atoms with Gasteiger partial charge < -0.3 is 10.9 Å². The molecule has 36 heavy (non-hydrogen) atoms. The maximum atomic E-state index is 12.2. The van der Waals surface area contributed by atoms with Crippen molar-refractivity contribution in [1.29, 1.82) is 0 Å². The molecule has 7 nitrogen and oxygen atoms in total. The van der Waals surface area contributed by atoms with Gasteiger partial charge in [-0.3, -0.25) is 14.1 Å². The van der Waals surface area contributed by atoms with E-state index in [1.54, 1.807) is 4.44 Å². The van der Waals surface area contributed by atoms with Crippen LogP contribution in [0.5, 0.6) is 0 Å². The van der Waals surface area contributed by atoms with Gasteiger partial charge in [0.25, 0.3) is 25.3 Å². The zero-order valence-corrected chi connectivity index (χ0v) is 27.7. The summed E-state index contributed by atoms with van der Waals surface area (Å²) in [4.78, 5) is 24.2. The van der Waals surface area contributed by atoms with E-state index >= 15 is 0 Å². The molecule has 0 radical (unpaired) electrons. The van der Waals surface area contributed by atoms with Gasteiger partial charge in [-0.2, -0.15) is 8.42 Å². The number of allylic oxidation sites excluding steroid dienone is 4. The van der Waals surface area contributed by atoms with E-state index in [0.29, 0.717) is 0 Å². The minimum Gasteiger partial charge on any atom is -1.00 e. The third-order valence-electron chi connectivity index (χ3n) is 6.30. The van der Waals surface area contributed by atoms with Crippen molar-refractivity contribution >= 4 is 37.3 Å². The Morgan fingerprint density at radius 1 is 1.03 bits per heavy atom.